The van der Waals surface area contributed by atoms with Gasteiger partial charge in [0.1, 0.15) is 0 Å². The molecule has 0 aliphatic carbocycles. The van der Waals surface area contributed by atoms with Gasteiger partial charge >= 0.3 is 0 Å². The number of thiazole rings is 1. The quantitative estimate of drug-likeness (QED) is 0.339. The van der Waals surface area contributed by atoms with Gasteiger partial charge < -0.3 is 19.1 Å². The number of carbonyl (C=O) groups is 1. The van der Waals surface area contributed by atoms with Gasteiger partial charge in [-0.3, -0.25) is 9.79 Å². The predicted octanol–water partition coefficient (Wildman–Crippen LogP) is 3.43. The highest BCUT2D eigenvalue weighted by atomic mass is 32.1. The Kier molecular flexibility index (Phi) is 8.48. The fourth-order valence-electron chi connectivity index (χ4n) is 3.52. The first-order chi connectivity index (χ1) is 17.2. The van der Waals surface area contributed by atoms with Crippen molar-refractivity contribution in [3.05, 3.63) is 76.9 Å². The van der Waals surface area contributed by atoms with Crippen molar-refractivity contribution in [2.45, 2.75) is 0 Å². The molecule has 0 N–H and O–H groups in total. The third-order valence-electron chi connectivity index (χ3n) is 5.34. The lowest BCUT2D eigenvalue weighted by molar-refractivity contribution is -0.137. The minimum atomic E-state index is -0.0703. The summed E-state index contributed by atoms with van der Waals surface area (Å²) in [4.78, 5) is 19.5. The molecular weight excluding hydrogens is 464 g/mol. The number of methoxy groups -OCH3 is 1. The molecule has 1 aliphatic rings. The molecule has 3 aromatic rings. The molecule has 0 atom stereocenters. The Labute approximate surface area is 208 Å². The summed E-state index contributed by atoms with van der Waals surface area (Å²) >= 11 is 1.52. The first-order valence-corrected chi connectivity index (χ1v) is 12.2. The van der Waals surface area contributed by atoms with Crippen molar-refractivity contribution in [2.75, 3.05) is 46.6 Å². The average molecular weight is 493 g/mol. The number of ether oxygens (including phenoxy) is 3. The first kappa shape index (κ1) is 24.4. The highest BCUT2D eigenvalue weighted by Gasteiger charge is 2.18. The molecule has 35 heavy (non-hydrogen) atoms. The molecule has 1 aliphatic heterocycles. The molecule has 2 heterocycles. The van der Waals surface area contributed by atoms with E-state index in [1.54, 1.807) is 30.4 Å². The lowest BCUT2D eigenvalue weighted by Gasteiger charge is -2.26. The lowest BCUT2D eigenvalue weighted by atomic mass is 10.2. The van der Waals surface area contributed by atoms with Crippen LogP contribution in [0.3, 0.4) is 0 Å². The van der Waals surface area contributed by atoms with Gasteiger partial charge in [-0.2, -0.15) is 5.10 Å². The second kappa shape index (κ2) is 12.1. The summed E-state index contributed by atoms with van der Waals surface area (Å²) < 4.78 is 18.4. The largest absolute Gasteiger partial charge is 0.493 e. The molecule has 0 saturated carbocycles. The van der Waals surface area contributed by atoms with Crippen LogP contribution in [0.4, 0.5) is 0 Å². The number of amides is 1. The van der Waals surface area contributed by atoms with Crippen LogP contribution in [0.5, 0.6) is 11.5 Å². The van der Waals surface area contributed by atoms with Gasteiger partial charge in [-0.15, -0.1) is 17.9 Å². The number of morpholine rings is 1. The number of hydrogen-bond acceptors (Lipinski definition) is 7. The maximum atomic E-state index is 12.4. The van der Waals surface area contributed by atoms with Crippen LogP contribution in [0, 0.1) is 0 Å². The Morgan fingerprint density at radius 1 is 1.17 bits per heavy atom. The van der Waals surface area contributed by atoms with Crippen LogP contribution in [0.25, 0.3) is 11.3 Å². The summed E-state index contributed by atoms with van der Waals surface area (Å²) in [6.45, 7) is 6.49. The normalized spacial score (nSPS) is 14.3. The molecule has 0 bridgehead atoms. The number of rotatable bonds is 9. The minimum Gasteiger partial charge on any atom is -0.493 e. The molecule has 182 valence electrons. The molecule has 1 aromatic heterocycles. The molecule has 1 amide bonds. The van der Waals surface area contributed by atoms with E-state index in [-0.39, 0.29) is 12.5 Å². The summed E-state index contributed by atoms with van der Waals surface area (Å²) in [6.07, 6.45) is 3.50. The Bertz CT molecular complexity index is 1240. The predicted molar refractivity (Wildman–Crippen MR) is 137 cm³/mol. The molecule has 4 rings (SSSR count). The van der Waals surface area contributed by atoms with Crippen molar-refractivity contribution < 1.29 is 19.0 Å². The fraction of sp³-hybridized carbons (Fsp3) is 0.269. The smallest absolute Gasteiger partial charge is 0.260 e. The van der Waals surface area contributed by atoms with E-state index >= 15 is 0 Å². The lowest BCUT2D eigenvalue weighted by Crippen LogP contribution is -2.43. The SMILES string of the molecule is C=CCN=c1scc(-c2ccccc2)n1/N=C/c1ccc(OCC(=O)N2CCOCC2)c(OC)c1. The zero-order valence-corrected chi connectivity index (χ0v) is 20.4. The topological polar surface area (TPSA) is 77.7 Å². The zero-order chi connectivity index (χ0) is 24.5. The maximum absolute atomic E-state index is 12.4. The van der Waals surface area contributed by atoms with E-state index in [2.05, 4.69) is 11.6 Å². The second-order valence-electron chi connectivity index (χ2n) is 7.65. The van der Waals surface area contributed by atoms with Crippen LogP contribution < -0.4 is 14.3 Å². The third-order valence-corrected chi connectivity index (χ3v) is 6.19. The van der Waals surface area contributed by atoms with Gasteiger partial charge in [-0.05, 0) is 23.8 Å². The highest BCUT2D eigenvalue weighted by Crippen LogP contribution is 2.28. The minimum absolute atomic E-state index is 0.0524. The first-order valence-electron chi connectivity index (χ1n) is 11.3. The van der Waals surface area contributed by atoms with Gasteiger partial charge in [0, 0.05) is 24.0 Å². The van der Waals surface area contributed by atoms with Crippen LogP contribution in [-0.2, 0) is 9.53 Å². The number of nitrogens with zero attached hydrogens (tertiary/aromatic N) is 4. The zero-order valence-electron chi connectivity index (χ0n) is 19.6. The number of benzene rings is 2. The van der Waals surface area contributed by atoms with Gasteiger partial charge in [0.25, 0.3) is 5.91 Å². The van der Waals surface area contributed by atoms with Crippen molar-refractivity contribution in [3.63, 3.8) is 0 Å². The van der Waals surface area contributed by atoms with Crippen molar-refractivity contribution in [1.29, 1.82) is 0 Å². The Hall–Kier alpha value is -3.69. The van der Waals surface area contributed by atoms with E-state index in [4.69, 9.17) is 19.3 Å². The van der Waals surface area contributed by atoms with Gasteiger partial charge in [0.15, 0.2) is 18.1 Å². The van der Waals surface area contributed by atoms with Crippen LogP contribution in [0.15, 0.2) is 76.7 Å². The van der Waals surface area contributed by atoms with Crippen LogP contribution in [-0.4, -0.2) is 68.3 Å². The van der Waals surface area contributed by atoms with Gasteiger partial charge in [0.05, 0.1) is 38.8 Å². The Balaban J connectivity index is 1.54. The highest BCUT2D eigenvalue weighted by molar-refractivity contribution is 7.07. The molecule has 1 saturated heterocycles. The molecule has 0 unspecified atom stereocenters. The van der Waals surface area contributed by atoms with Gasteiger partial charge in [-0.25, -0.2) is 4.68 Å². The van der Waals surface area contributed by atoms with Crippen molar-refractivity contribution in [3.8, 4) is 22.8 Å². The number of aromatic nitrogens is 1. The van der Waals surface area contributed by atoms with Gasteiger partial charge in [-0.1, -0.05) is 36.4 Å². The second-order valence-corrected chi connectivity index (χ2v) is 8.48. The van der Waals surface area contributed by atoms with E-state index in [9.17, 15) is 4.79 Å². The monoisotopic (exact) mass is 492 g/mol. The van der Waals surface area contributed by atoms with Crippen LogP contribution >= 0.6 is 11.3 Å². The Morgan fingerprint density at radius 3 is 2.71 bits per heavy atom. The summed E-state index contributed by atoms with van der Waals surface area (Å²) in [5, 5.41) is 6.75. The van der Waals surface area contributed by atoms with E-state index < -0.39 is 0 Å². The number of carbonyl (C=O) groups excluding carboxylic acids is 1. The van der Waals surface area contributed by atoms with Crippen molar-refractivity contribution >= 4 is 23.5 Å². The molecule has 9 heteroatoms. The average Bonchev–Trinajstić information content (AvgIpc) is 3.33. The summed E-state index contributed by atoms with van der Waals surface area (Å²) in [5.74, 6) is 0.957. The fourth-order valence-corrected chi connectivity index (χ4v) is 4.37. The molecule has 1 fully saturated rings. The molecule has 0 radical (unpaired) electrons. The standard InChI is InChI=1S/C26H28N4O4S/c1-3-11-27-26-30(22(19-35-26)21-7-5-4-6-8-21)28-17-20-9-10-23(24(16-20)32-2)34-18-25(31)29-12-14-33-15-13-29/h3-10,16-17,19H,1,11-15,18H2,2H3/b27-26?,28-17+. The van der Waals surface area contributed by atoms with E-state index in [1.807, 2.05) is 52.5 Å². The summed E-state index contributed by atoms with van der Waals surface area (Å²) in [5.41, 5.74) is 2.82. The van der Waals surface area contributed by atoms with E-state index in [0.717, 1.165) is 21.6 Å². The maximum Gasteiger partial charge on any atom is 0.260 e. The molecule has 2 aromatic carbocycles. The Morgan fingerprint density at radius 2 is 1.97 bits per heavy atom. The van der Waals surface area contributed by atoms with Gasteiger partial charge in [0.2, 0.25) is 4.80 Å². The molecule has 8 nitrogen and oxygen atoms in total. The van der Waals surface area contributed by atoms with Crippen molar-refractivity contribution in [1.82, 2.24) is 9.58 Å². The van der Waals surface area contributed by atoms with E-state index in [1.165, 1.54) is 11.3 Å². The van der Waals surface area contributed by atoms with Crippen LogP contribution in [0.2, 0.25) is 0 Å². The van der Waals surface area contributed by atoms with Crippen molar-refractivity contribution in [2.24, 2.45) is 10.1 Å². The summed E-state index contributed by atoms with van der Waals surface area (Å²) in [7, 11) is 1.57. The third kappa shape index (κ3) is 6.26. The molecule has 0 spiro atoms. The molecular formula is C26H28N4O4S. The van der Waals surface area contributed by atoms with E-state index in [0.29, 0.717) is 44.3 Å². The summed E-state index contributed by atoms with van der Waals surface area (Å²) in [6, 6.07) is 15.5. The number of hydrogen-bond donors (Lipinski definition) is 0. The van der Waals surface area contributed by atoms with Crippen LogP contribution in [0.1, 0.15) is 5.56 Å².